The van der Waals surface area contributed by atoms with E-state index in [-0.39, 0.29) is 5.41 Å². The Morgan fingerprint density at radius 3 is 2.19 bits per heavy atom. The van der Waals surface area contributed by atoms with Gasteiger partial charge < -0.3 is 0 Å². The number of hydrogen-bond donors (Lipinski definition) is 0. The molecule has 26 heavy (non-hydrogen) atoms. The Bertz CT molecular complexity index is 1160. The summed E-state index contributed by atoms with van der Waals surface area (Å²) in [5.74, 6) is 0. The van der Waals surface area contributed by atoms with Crippen molar-refractivity contribution in [3.63, 3.8) is 0 Å². The summed E-state index contributed by atoms with van der Waals surface area (Å²) in [6, 6.07) is 24.3. The van der Waals surface area contributed by atoms with Crippen LogP contribution < -0.4 is 0 Å². The Labute approximate surface area is 154 Å². The van der Waals surface area contributed by atoms with Crippen LogP contribution in [0.25, 0.3) is 44.3 Å². The summed E-state index contributed by atoms with van der Waals surface area (Å²) in [7, 11) is 0. The average Bonchev–Trinajstić information content (AvgIpc) is 2.77. The molecule has 0 N–H and O–H groups in total. The molecule has 4 aromatic rings. The van der Waals surface area contributed by atoms with Crippen LogP contribution in [0.4, 0.5) is 0 Å². The lowest BCUT2D eigenvalue weighted by molar-refractivity contribution is 0.590. The SMILES string of the molecule is CC(C)(C)c1ccc2c(c1)-c1ccccc1-c1nccc3cccc-2c13. The molecule has 0 bridgehead atoms. The van der Waals surface area contributed by atoms with Gasteiger partial charge in [-0.1, -0.05) is 75.4 Å². The molecular formula is C25H21N. The van der Waals surface area contributed by atoms with E-state index in [2.05, 4.69) is 87.5 Å². The third-order valence-electron chi connectivity index (χ3n) is 5.44. The molecule has 0 spiro atoms. The lowest BCUT2D eigenvalue weighted by Crippen LogP contribution is -2.11. The van der Waals surface area contributed by atoms with Gasteiger partial charge in [0, 0.05) is 17.1 Å². The number of rotatable bonds is 0. The lowest BCUT2D eigenvalue weighted by atomic mass is 9.83. The van der Waals surface area contributed by atoms with E-state index >= 15 is 0 Å². The van der Waals surface area contributed by atoms with Gasteiger partial charge in [-0.15, -0.1) is 0 Å². The third kappa shape index (κ3) is 2.13. The van der Waals surface area contributed by atoms with Gasteiger partial charge in [0.1, 0.15) is 0 Å². The van der Waals surface area contributed by atoms with E-state index in [0.717, 1.165) is 5.69 Å². The van der Waals surface area contributed by atoms with Gasteiger partial charge in [0.15, 0.2) is 0 Å². The summed E-state index contributed by atoms with van der Waals surface area (Å²) in [6.07, 6.45) is 1.93. The standard InChI is InChI=1S/C25H21N/c1-25(2,3)17-11-12-19-20-10-6-7-16-13-14-26-24(23(16)20)21-9-5-4-8-18(21)22(19)15-17/h4-15H,1-3H3. The van der Waals surface area contributed by atoms with E-state index in [1.54, 1.807) is 0 Å². The number of fused-ring (bicyclic) bond motifs is 5. The van der Waals surface area contributed by atoms with Crippen molar-refractivity contribution in [2.45, 2.75) is 26.2 Å². The van der Waals surface area contributed by atoms with Crippen molar-refractivity contribution >= 4 is 10.8 Å². The van der Waals surface area contributed by atoms with E-state index in [4.69, 9.17) is 4.98 Å². The smallest absolute Gasteiger partial charge is 0.0792 e. The van der Waals surface area contributed by atoms with Gasteiger partial charge in [0.2, 0.25) is 0 Å². The highest BCUT2D eigenvalue weighted by Crippen LogP contribution is 2.47. The van der Waals surface area contributed by atoms with Crippen LogP contribution >= 0.6 is 0 Å². The van der Waals surface area contributed by atoms with Crippen molar-refractivity contribution in [1.82, 2.24) is 4.98 Å². The summed E-state index contributed by atoms with van der Waals surface area (Å²) >= 11 is 0. The van der Waals surface area contributed by atoms with Crippen LogP contribution in [0, 0.1) is 0 Å². The van der Waals surface area contributed by atoms with Gasteiger partial charge in [-0.3, -0.25) is 4.98 Å². The largest absolute Gasteiger partial charge is 0.256 e. The lowest BCUT2D eigenvalue weighted by Gasteiger charge is -2.21. The second-order valence-electron chi connectivity index (χ2n) is 8.12. The summed E-state index contributed by atoms with van der Waals surface area (Å²) < 4.78 is 0. The molecule has 1 heterocycles. The first kappa shape index (κ1) is 15.3. The maximum absolute atomic E-state index is 4.79. The molecule has 0 radical (unpaired) electrons. The molecule has 1 aromatic heterocycles. The molecule has 0 amide bonds. The molecule has 1 aliphatic rings. The number of benzene rings is 3. The van der Waals surface area contributed by atoms with Crippen molar-refractivity contribution in [3.05, 3.63) is 78.5 Å². The predicted octanol–water partition coefficient (Wildman–Crippen LogP) is 6.85. The monoisotopic (exact) mass is 335 g/mol. The Morgan fingerprint density at radius 1 is 0.654 bits per heavy atom. The molecule has 1 nitrogen and oxygen atoms in total. The Hall–Kier alpha value is -2.93. The molecule has 0 aliphatic heterocycles. The van der Waals surface area contributed by atoms with Crippen LogP contribution in [-0.4, -0.2) is 4.98 Å². The van der Waals surface area contributed by atoms with Gasteiger partial charge in [0.25, 0.3) is 0 Å². The van der Waals surface area contributed by atoms with E-state index in [0.29, 0.717) is 0 Å². The summed E-state index contributed by atoms with van der Waals surface area (Å²) in [5.41, 5.74) is 8.92. The summed E-state index contributed by atoms with van der Waals surface area (Å²) in [4.78, 5) is 4.79. The zero-order chi connectivity index (χ0) is 17.9. The minimum atomic E-state index is 0.118. The van der Waals surface area contributed by atoms with Crippen molar-refractivity contribution in [1.29, 1.82) is 0 Å². The molecule has 0 saturated heterocycles. The number of aromatic nitrogens is 1. The third-order valence-corrected chi connectivity index (χ3v) is 5.44. The molecule has 1 aliphatic carbocycles. The fourth-order valence-corrected chi connectivity index (χ4v) is 4.05. The Kier molecular flexibility index (Phi) is 3.12. The van der Waals surface area contributed by atoms with E-state index in [1.807, 2.05) is 6.20 Å². The van der Waals surface area contributed by atoms with Crippen LogP contribution in [0.2, 0.25) is 0 Å². The first-order valence-corrected chi connectivity index (χ1v) is 9.16. The quantitative estimate of drug-likeness (QED) is 0.302. The number of pyridine rings is 1. The molecular weight excluding hydrogens is 314 g/mol. The van der Waals surface area contributed by atoms with Gasteiger partial charge in [-0.05, 0) is 50.8 Å². The predicted molar refractivity (Wildman–Crippen MR) is 110 cm³/mol. The molecule has 0 unspecified atom stereocenters. The zero-order valence-corrected chi connectivity index (χ0v) is 15.4. The van der Waals surface area contributed by atoms with Crippen LogP contribution in [0.5, 0.6) is 0 Å². The van der Waals surface area contributed by atoms with E-state index < -0.39 is 0 Å². The fraction of sp³-hybridized carbons (Fsp3) is 0.160. The van der Waals surface area contributed by atoms with Gasteiger partial charge >= 0.3 is 0 Å². The number of hydrogen-bond acceptors (Lipinski definition) is 1. The van der Waals surface area contributed by atoms with Crippen LogP contribution in [0.1, 0.15) is 26.3 Å². The fourth-order valence-electron chi connectivity index (χ4n) is 4.05. The highest BCUT2D eigenvalue weighted by Gasteiger charge is 2.23. The number of nitrogens with zero attached hydrogens (tertiary/aromatic N) is 1. The molecule has 0 atom stereocenters. The normalized spacial score (nSPS) is 12.4. The minimum Gasteiger partial charge on any atom is -0.256 e. The Balaban J connectivity index is 1.99. The maximum Gasteiger partial charge on any atom is 0.0792 e. The highest BCUT2D eigenvalue weighted by molar-refractivity contribution is 6.12. The second-order valence-corrected chi connectivity index (χ2v) is 8.12. The Morgan fingerprint density at radius 2 is 1.38 bits per heavy atom. The van der Waals surface area contributed by atoms with Gasteiger partial charge in [-0.25, -0.2) is 0 Å². The van der Waals surface area contributed by atoms with Gasteiger partial charge in [-0.2, -0.15) is 0 Å². The summed E-state index contributed by atoms with van der Waals surface area (Å²) in [5, 5.41) is 2.50. The van der Waals surface area contributed by atoms with Crippen LogP contribution in [-0.2, 0) is 5.41 Å². The van der Waals surface area contributed by atoms with Crippen LogP contribution in [0.3, 0.4) is 0 Å². The van der Waals surface area contributed by atoms with Crippen molar-refractivity contribution < 1.29 is 0 Å². The minimum absolute atomic E-state index is 0.118. The molecule has 3 aromatic carbocycles. The van der Waals surface area contributed by atoms with Crippen molar-refractivity contribution in [3.8, 4) is 33.5 Å². The topological polar surface area (TPSA) is 12.9 Å². The zero-order valence-electron chi connectivity index (χ0n) is 15.4. The molecule has 5 rings (SSSR count). The summed E-state index contributed by atoms with van der Waals surface area (Å²) in [6.45, 7) is 6.82. The van der Waals surface area contributed by atoms with Crippen LogP contribution in [0.15, 0.2) is 72.9 Å². The van der Waals surface area contributed by atoms with Gasteiger partial charge in [0.05, 0.1) is 5.69 Å². The molecule has 0 saturated carbocycles. The molecule has 1 heteroatoms. The van der Waals surface area contributed by atoms with E-state index in [9.17, 15) is 0 Å². The van der Waals surface area contributed by atoms with E-state index in [1.165, 1.54) is 44.2 Å². The second kappa shape index (κ2) is 5.28. The van der Waals surface area contributed by atoms with Crippen molar-refractivity contribution in [2.24, 2.45) is 0 Å². The molecule has 126 valence electrons. The first-order valence-electron chi connectivity index (χ1n) is 9.16. The maximum atomic E-state index is 4.79. The first-order chi connectivity index (χ1) is 12.5. The van der Waals surface area contributed by atoms with Crippen molar-refractivity contribution in [2.75, 3.05) is 0 Å². The molecule has 0 fully saturated rings. The average molecular weight is 335 g/mol. The highest BCUT2D eigenvalue weighted by atomic mass is 14.7.